The van der Waals surface area contributed by atoms with Crippen LogP contribution in [-0.4, -0.2) is 58.1 Å². The third-order valence-corrected chi connectivity index (χ3v) is 4.27. The highest BCUT2D eigenvalue weighted by atomic mass is 16.5. The molecule has 1 aliphatic heterocycles. The van der Waals surface area contributed by atoms with E-state index < -0.39 is 0 Å². The molecule has 2 atom stereocenters. The van der Waals surface area contributed by atoms with E-state index >= 15 is 0 Å². The second-order valence-corrected chi connectivity index (χ2v) is 6.61. The maximum Gasteiger partial charge on any atom is 0.0969 e. The van der Waals surface area contributed by atoms with Crippen LogP contribution in [0, 0.1) is 0 Å². The second-order valence-electron chi connectivity index (χ2n) is 6.61. The lowest BCUT2D eigenvalue weighted by Crippen LogP contribution is -2.47. The third-order valence-electron chi connectivity index (χ3n) is 4.27. The lowest BCUT2D eigenvalue weighted by Gasteiger charge is -2.35. The molecular formula is C18H27N5O. The number of ether oxygens (including phenoxy) is 1. The summed E-state index contributed by atoms with van der Waals surface area (Å²) in [5.41, 5.74) is 3.35. The van der Waals surface area contributed by atoms with E-state index in [2.05, 4.69) is 40.3 Å². The Kier molecular flexibility index (Phi) is 5.60. The smallest absolute Gasteiger partial charge is 0.0969 e. The van der Waals surface area contributed by atoms with Crippen LogP contribution in [0.3, 0.4) is 0 Å². The number of pyridine rings is 1. The quantitative estimate of drug-likeness (QED) is 0.817. The number of morpholine rings is 1. The Morgan fingerprint density at radius 1 is 1.21 bits per heavy atom. The van der Waals surface area contributed by atoms with Gasteiger partial charge in [-0.25, -0.2) is 0 Å². The molecule has 2 aromatic heterocycles. The Labute approximate surface area is 143 Å². The van der Waals surface area contributed by atoms with E-state index in [9.17, 15) is 0 Å². The first-order valence-corrected chi connectivity index (χ1v) is 8.63. The number of nitrogens with zero attached hydrogens (tertiary/aromatic N) is 4. The molecule has 3 rings (SSSR count). The predicted octanol–water partition coefficient (Wildman–Crippen LogP) is 1.68. The molecule has 2 aromatic rings. The molecular weight excluding hydrogens is 302 g/mol. The summed E-state index contributed by atoms with van der Waals surface area (Å²) < 4.78 is 7.65. The van der Waals surface area contributed by atoms with Gasteiger partial charge in [-0.3, -0.25) is 14.6 Å². The standard InChI is InChI=1S/C18H27N5O/c1-14-11-23(12-15(2)24-14)9-8-20-10-17-13-22(3)21-18(17)16-4-6-19-7-5-16/h4-7,13-15,20H,8-12H2,1-3H3/t14-,15+. The molecule has 1 fully saturated rings. The van der Waals surface area contributed by atoms with Gasteiger partial charge in [0.25, 0.3) is 0 Å². The molecule has 0 amide bonds. The molecule has 0 spiro atoms. The van der Waals surface area contributed by atoms with Crippen molar-refractivity contribution in [2.45, 2.75) is 32.6 Å². The SMILES string of the molecule is C[C@@H]1CN(CCNCc2cn(C)nc2-c2ccncc2)C[C@H](C)O1. The van der Waals surface area contributed by atoms with Crippen LogP contribution in [0.2, 0.25) is 0 Å². The maximum atomic E-state index is 5.78. The highest BCUT2D eigenvalue weighted by molar-refractivity contribution is 5.61. The van der Waals surface area contributed by atoms with Gasteiger partial charge in [-0.2, -0.15) is 5.10 Å². The van der Waals surface area contributed by atoms with E-state index in [1.165, 1.54) is 5.56 Å². The molecule has 1 aliphatic rings. The van der Waals surface area contributed by atoms with Gasteiger partial charge in [0.05, 0.1) is 17.9 Å². The summed E-state index contributed by atoms with van der Waals surface area (Å²) in [5.74, 6) is 0. The van der Waals surface area contributed by atoms with Crippen LogP contribution >= 0.6 is 0 Å². The monoisotopic (exact) mass is 329 g/mol. The summed E-state index contributed by atoms with van der Waals surface area (Å²) in [6.45, 7) is 9.15. The Morgan fingerprint density at radius 2 is 1.92 bits per heavy atom. The summed E-state index contributed by atoms with van der Waals surface area (Å²) in [6, 6.07) is 4.00. The van der Waals surface area contributed by atoms with Gasteiger partial charge in [-0.15, -0.1) is 0 Å². The topological polar surface area (TPSA) is 55.2 Å². The summed E-state index contributed by atoms with van der Waals surface area (Å²) >= 11 is 0. The van der Waals surface area contributed by atoms with Gasteiger partial charge in [0.2, 0.25) is 0 Å². The van der Waals surface area contributed by atoms with Crippen molar-refractivity contribution in [3.05, 3.63) is 36.3 Å². The average Bonchev–Trinajstić information content (AvgIpc) is 2.92. The molecule has 6 nitrogen and oxygen atoms in total. The molecule has 6 heteroatoms. The first kappa shape index (κ1) is 17.1. The van der Waals surface area contributed by atoms with Crippen LogP contribution in [-0.2, 0) is 18.3 Å². The van der Waals surface area contributed by atoms with E-state index in [0.717, 1.165) is 44.0 Å². The molecule has 3 heterocycles. The van der Waals surface area contributed by atoms with Crippen LogP contribution in [0.15, 0.2) is 30.7 Å². The Bertz CT molecular complexity index is 632. The number of hydrogen-bond acceptors (Lipinski definition) is 5. The summed E-state index contributed by atoms with van der Waals surface area (Å²) in [7, 11) is 1.96. The van der Waals surface area contributed by atoms with Crippen LogP contribution in [0.4, 0.5) is 0 Å². The van der Waals surface area contributed by atoms with E-state index in [4.69, 9.17) is 4.74 Å². The number of aryl methyl sites for hydroxylation is 1. The zero-order valence-electron chi connectivity index (χ0n) is 14.8. The average molecular weight is 329 g/mol. The molecule has 130 valence electrons. The van der Waals surface area contributed by atoms with Crippen LogP contribution in [0.5, 0.6) is 0 Å². The van der Waals surface area contributed by atoms with Crippen LogP contribution < -0.4 is 5.32 Å². The molecule has 0 bridgehead atoms. The minimum Gasteiger partial charge on any atom is -0.373 e. The predicted molar refractivity (Wildman–Crippen MR) is 94.6 cm³/mol. The third kappa shape index (κ3) is 4.41. The zero-order valence-corrected chi connectivity index (χ0v) is 14.8. The lowest BCUT2D eigenvalue weighted by molar-refractivity contribution is -0.0674. The first-order valence-electron chi connectivity index (χ1n) is 8.63. The van der Waals surface area contributed by atoms with Crippen LogP contribution in [0.25, 0.3) is 11.3 Å². The fourth-order valence-corrected chi connectivity index (χ4v) is 3.35. The fraction of sp³-hybridized carbons (Fsp3) is 0.556. The van der Waals surface area contributed by atoms with E-state index in [1.807, 2.05) is 36.3 Å². The summed E-state index contributed by atoms with van der Waals surface area (Å²) in [5, 5.41) is 8.14. The van der Waals surface area contributed by atoms with Gasteiger partial charge < -0.3 is 10.1 Å². The Hall–Kier alpha value is -1.76. The lowest BCUT2D eigenvalue weighted by atomic mass is 10.1. The highest BCUT2D eigenvalue weighted by Crippen LogP contribution is 2.20. The molecule has 0 aromatic carbocycles. The maximum absolute atomic E-state index is 5.78. The van der Waals surface area contributed by atoms with Gasteiger partial charge in [-0.1, -0.05) is 0 Å². The molecule has 0 unspecified atom stereocenters. The van der Waals surface area contributed by atoms with Crippen molar-refractivity contribution in [1.82, 2.24) is 25.0 Å². The molecule has 1 saturated heterocycles. The Balaban J connectivity index is 1.52. The molecule has 24 heavy (non-hydrogen) atoms. The van der Waals surface area contributed by atoms with Crippen molar-refractivity contribution >= 4 is 0 Å². The molecule has 0 saturated carbocycles. The number of hydrogen-bond donors (Lipinski definition) is 1. The number of nitrogens with one attached hydrogen (secondary N) is 1. The molecule has 1 N–H and O–H groups in total. The normalized spacial score (nSPS) is 22.0. The van der Waals surface area contributed by atoms with Crippen molar-refractivity contribution in [2.75, 3.05) is 26.2 Å². The second kappa shape index (κ2) is 7.88. The summed E-state index contributed by atoms with van der Waals surface area (Å²) in [4.78, 5) is 6.55. The van der Waals surface area contributed by atoms with Crippen molar-refractivity contribution in [3.63, 3.8) is 0 Å². The largest absolute Gasteiger partial charge is 0.373 e. The number of rotatable bonds is 6. The van der Waals surface area contributed by atoms with Crippen molar-refractivity contribution in [2.24, 2.45) is 7.05 Å². The van der Waals surface area contributed by atoms with E-state index in [0.29, 0.717) is 12.2 Å². The van der Waals surface area contributed by atoms with Crippen molar-refractivity contribution in [3.8, 4) is 11.3 Å². The van der Waals surface area contributed by atoms with Gasteiger partial charge >= 0.3 is 0 Å². The summed E-state index contributed by atoms with van der Waals surface area (Å²) in [6.07, 6.45) is 6.35. The number of aromatic nitrogens is 3. The van der Waals surface area contributed by atoms with Gasteiger partial charge in [0.15, 0.2) is 0 Å². The van der Waals surface area contributed by atoms with Gasteiger partial charge in [0, 0.05) is 69.5 Å². The van der Waals surface area contributed by atoms with Crippen molar-refractivity contribution in [1.29, 1.82) is 0 Å². The zero-order chi connectivity index (χ0) is 16.9. The van der Waals surface area contributed by atoms with Crippen LogP contribution in [0.1, 0.15) is 19.4 Å². The van der Waals surface area contributed by atoms with E-state index in [1.54, 1.807) is 0 Å². The fourth-order valence-electron chi connectivity index (χ4n) is 3.35. The minimum absolute atomic E-state index is 0.324. The highest BCUT2D eigenvalue weighted by Gasteiger charge is 2.21. The van der Waals surface area contributed by atoms with Gasteiger partial charge in [-0.05, 0) is 26.0 Å². The molecule has 0 aliphatic carbocycles. The van der Waals surface area contributed by atoms with Crippen molar-refractivity contribution < 1.29 is 4.74 Å². The first-order chi connectivity index (χ1) is 11.6. The minimum atomic E-state index is 0.324. The molecule has 0 radical (unpaired) electrons. The van der Waals surface area contributed by atoms with E-state index in [-0.39, 0.29) is 0 Å². The van der Waals surface area contributed by atoms with Gasteiger partial charge in [0.1, 0.15) is 0 Å². The Morgan fingerprint density at radius 3 is 2.62 bits per heavy atom.